The highest BCUT2D eigenvalue weighted by Gasteiger charge is 2.09. The first-order chi connectivity index (χ1) is 10.1. The molecule has 2 aromatic rings. The number of hydrogen-bond acceptors (Lipinski definition) is 2. The molecule has 0 aliphatic carbocycles. The van der Waals surface area contributed by atoms with Crippen LogP contribution in [0.5, 0.6) is 0 Å². The van der Waals surface area contributed by atoms with Gasteiger partial charge in [0.15, 0.2) is 0 Å². The van der Waals surface area contributed by atoms with Crippen LogP contribution in [0.2, 0.25) is 0 Å². The molecular weight excluding hydrogens is 260 g/mol. The number of aryl methyl sites for hydroxylation is 1. The predicted octanol–water partition coefficient (Wildman–Crippen LogP) is 2.73. The Morgan fingerprint density at radius 3 is 2.38 bits per heavy atom. The van der Waals surface area contributed by atoms with Gasteiger partial charge in [0.25, 0.3) is 5.91 Å². The van der Waals surface area contributed by atoms with Crippen LogP contribution in [0.4, 0.5) is 0 Å². The average Bonchev–Trinajstić information content (AvgIpc) is 2.49. The van der Waals surface area contributed by atoms with Gasteiger partial charge < -0.3 is 11.1 Å². The van der Waals surface area contributed by atoms with Gasteiger partial charge in [0.2, 0.25) is 0 Å². The lowest BCUT2D eigenvalue weighted by molar-refractivity contribution is 0.0950. The lowest BCUT2D eigenvalue weighted by atomic mass is 10.0. The molecule has 0 aliphatic heterocycles. The number of amides is 1. The van der Waals surface area contributed by atoms with Crippen LogP contribution < -0.4 is 11.1 Å². The first-order valence-corrected chi connectivity index (χ1v) is 7.24. The van der Waals surface area contributed by atoms with E-state index >= 15 is 0 Å². The molecule has 3 N–H and O–H groups in total. The zero-order chi connectivity index (χ0) is 15.2. The highest BCUT2D eigenvalue weighted by atomic mass is 16.1. The second kappa shape index (κ2) is 7.04. The highest BCUT2D eigenvalue weighted by Crippen LogP contribution is 2.13. The van der Waals surface area contributed by atoms with Gasteiger partial charge in [-0.1, -0.05) is 36.4 Å². The fraction of sp³-hybridized carbons (Fsp3) is 0.278. The predicted molar refractivity (Wildman–Crippen MR) is 86.3 cm³/mol. The Morgan fingerprint density at radius 2 is 1.71 bits per heavy atom. The first-order valence-electron chi connectivity index (χ1n) is 7.24. The quantitative estimate of drug-likeness (QED) is 0.886. The molecule has 0 saturated heterocycles. The summed E-state index contributed by atoms with van der Waals surface area (Å²) in [5.74, 6) is -0.0257. The van der Waals surface area contributed by atoms with Crippen molar-refractivity contribution in [2.45, 2.75) is 26.8 Å². The minimum absolute atomic E-state index is 0.0257. The maximum atomic E-state index is 12.2. The maximum Gasteiger partial charge on any atom is 0.251 e. The Hall–Kier alpha value is -2.13. The molecule has 1 amide bonds. The Bertz CT molecular complexity index is 618. The average molecular weight is 282 g/mol. The molecule has 0 bridgehead atoms. The van der Waals surface area contributed by atoms with Crippen LogP contribution in [0.3, 0.4) is 0 Å². The molecule has 2 aromatic carbocycles. The fourth-order valence-corrected chi connectivity index (χ4v) is 2.27. The van der Waals surface area contributed by atoms with E-state index in [1.54, 1.807) is 0 Å². The summed E-state index contributed by atoms with van der Waals surface area (Å²) in [6, 6.07) is 14.0. The van der Waals surface area contributed by atoms with Gasteiger partial charge >= 0.3 is 0 Å². The van der Waals surface area contributed by atoms with Gasteiger partial charge in [-0.2, -0.15) is 0 Å². The lowest BCUT2D eigenvalue weighted by Crippen LogP contribution is -2.23. The molecule has 110 valence electrons. The summed E-state index contributed by atoms with van der Waals surface area (Å²) in [4.78, 5) is 12.2. The standard InChI is InChI=1S/C18H22N2O/c1-13-4-3-5-17(14(13)2)18(21)20-12-16-8-6-15(7-9-16)10-11-19/h3-9H,10-12,19H2,1-2H3,(H,20,21). The highest BCUT2D eigenvalue weighted by molar-refractivity contribution is 5.95. The molecule has 3 nitrogen and oxygen atoms in total. The van der Waals surface area contributed by atoms with Crippen molar-refractivity contribution in [3.8, 4) is 0 Å². The molecule has 2 rings (SSSR count). The largest absolute Gasteiger partial charge is 0.348 e. The van der Waals surface area contributed by atoms with Crippen LogP contribution in [-0.2, 0) is 13.0 Å². The zero-order valence-electron chi connectivity index (χ0n) is 12.6. The van der Waals surface area contributed by atoms with Gasteiger partial charge in [0.05, 0.1) is 0 Å². The molecule has 0 spiro atoms. The third-order valence-corrected chi connectivity index (χ3v) is 3.76. The molecule has 0 aromatic heterocycles. The van der Waals surface area contributed by atoms with E-state index in [1.165, 1.54) is 5.56 Å². The molecule has 0 atom stereocenters. The van der Waals surface area contributed by atoms with E-state index in [0.717, 1.165) is 28.7 Å². The summed E-state index contributed by atoms with van der Waals surface area (Å²) in [5, 5.41) is 2.97. The third-order valence-electron chi connectivity index (χ3n) is 3.76. The van der Waals surface area contributed by atoms with Gasteiger partial charge in [-0.05, 0) is 55.1 Å². The van der Waals surface area contributed by atoms with Crippen molar-refractivity contribution >= 4 is 5.91 Å². The number of nitrogens with one attached hydrogen (secondary N) is 1. The van der Waals surface area contributed by atoms with Crippen molar-refractivity contribution in [3.05, 3.63) is 70.3 Å². The molecular formula is C18H22N2O. The van der Waals surface area contributed by atoms with E-state index in [9.17, 15) is 4.79 Å². The Morgan fingerprint density at radius 1 is 1.05 bits per heavy atom. The number of carbonyl (C=O) groups is 1. The molecule has 0 fully saturated rings. The van der Waals surface area contributed by atoms with E-state index in [0.29, 0.717) is 13.1 Å². The Labute approximate surface area is 126 Å². The summed E-state index contributed by atoms with van der Waals surface area (Å²) in [6.07, 6.45) is 0.884. The number of rotatable bonds is 5. The van der Waals surface area contributed by atoms with Gasteiger partial charge in [-0.25, -0.2) is 0 Å². The van der Waals surface area contributed by atoms with Crippen molar-refractivity contribution < 1.29 is 4.79 Å². The van der Waals surface area contributed by atoms with Crippen LogP contribution in [0.25, 0.3) is 0 Å². The fourth-order valence-electron chi connectivity index (χ4n) is 2.27. The minimum Gasteiger partial charge on any atom is -0.348 e. The first kappa shape index (κ1) is 15.3. The molecule has 3 heteroatoms. The van der Waals surface area contributed by atoms with E-state index in [-0.39, 0.29) is 5.91 Å². The monoisotopic (exact) mass is 282 g/mol. The second-order valence-corrected chi connectivity index (χ2v) is 5.29. The van der Waals surface area contributed by atoms with E-state index in [4.69, 9.17) is 5.73 Å². The van der Waals surface area contributed by atoms with Gasteiger partial charge in [-0.3, -0.25) is 4.79 Å². The molecule has 0 heterocycles. The molecule has 0 unspecified atom stereocenters. The van der Waals surface area contributed by atoms with Crippen LogP contribution in [0.15, 0.2) is 42.5 Å². The number of carbonyl (C=O) groups excluding carboxylic acids is 1. The smallest absolute Gasteiger partial charge is 0.251 e. The van der Waals surface area contributed by atoms with Crippen LogP contribution in [0, 0.1) is 13.8 Å². The van der Waals surface area contributed by atoms with Gasteiger partial charge in [0, 0.05) is 12.1 Å². The normalized spacial score (nSPS) is 10.4. The SMILES string of the molecule is Cc1cccc(C(=O)NCc2ccc(CCN)cc2)c1C. The topological polar surface area (TPSA) is 55.1 Å². The summed E-state index contributed by atoms with van der Waals surface area (Å²) >= 11 is 0. The third kappa shape index (κ3) is 3.92. The molecule has 21 heavy (non-hydrogen) atoms. The van der Waals surface area contributed by atoms with Crippen LogP contribution in [0.1, 0.15) is 32.6 Å². The molecule has 0 saturated carbocycles. The van der Waals surface area contributed by atoms with Crippen molar-refractivity contribution in [1.82, 2.24) is 5.32 Å². The van der Waals surface area contributed by atoms with Crippen molar-refractivity contribution in [3.63, 3.8) is 0 Å². The van der Waals surface area contributed by atoms with E-state index < -0.39 is 0 Å². The number of hydrogen-bond donors (Lipinski definition) is 2. The summed E-state index contributed by atoms with van der Waals surface area (Å²) < 4.78 is 0. The van der Waals surface area contributed by atoms with Gasteiger partial charge in [-0.15, -0.1) is 0 Å². The second-order valence-electron chi connectivity index (χ2n) is 5.29. The van der Waals surface area contributed by atoms with Crippen LogP contribution >= 0.6 is 0 Å². The summed E-state index contributed by atoms with van der Waals surface area (Å²) in [7, 11) is 0. The lowest BCUT2D eigenvalue weighted by Gasteiger charge is -2.10. The van der Waals surface area contributed by atoms with Crippen molar-refractivity contribution in [1.29, 1.82) is 0 Å². The Balaban J connectivity index is 1.99. The Kier molecular flexibility index (Phi) is 5.12. The maximum absolute atomic E-state index is 12.2. The summed E-state index contributed by atoms with van der Waals surface area (Å²) in [5.41, 5.74) is 10.8. The zero-order valence-corrected chi connectivity index (χ0v) is 12.6. The van der Waals surface area contributed by atoms with E-state index in [2.05, 4.69) is 17.4 Å². The van der Waals surface area contributed by atoms with Gasteiger partial charge in [0.1, 0.15) is 0 Å². The summed E-state index contributed by atoms with van der Waals surface area (Å²) in [6.45, 7) is 5.19. The van der Waals surface area contributed by atoms with E-state index in [1.807, 2.05) is 44.2 Å². The minimum atomic E-state index is -0.0257. The van der Waals surface area contributed by atoms with Crippen LogP contribution in [-0.4, -0.2) is 12.5 Å². The van der Waals surface area contributed by atoms with Crippen molar-refractivity contribution in [2.75, 3.05) is 6.54 Å². The molecule has 0 radical (unpaired) electrons. The van der Waals surface area contributed by atoms with Crippen molar-refractivity contribution in [2.24, 2.45) is 5.73 Å². The number of benzene rings is 2. The number of nitrogens with two attached hydrogens (primary N) is 1. The molecule has 0 aliphatic rings.